The van der Waals surface area contributed by atoms with Crippen LogP contribution in [0.25, 0.3) is 5.69 Å². The average Bonchev–Trinajstić information content (AvgIpc) is 3.23. The summed E-state index contributed by atoms with van der Waals surface area (Å²) in [6.45, 7) is 1.49. The van der Waals surface area contributed by atoms with E-state index in [2.05, 4.69) is 15.7 Å². The predicted octanol–water partition coefficient (Wildman–Crippen LogP) is 2.37. The van der Waals surface area contributed by atoms with Crippen LogP contribution < -0.4 is 10.6 Å². The fourth-order valence-electron chi connectivity index (χ4n) is 2.66. The average molecular weight is 338 g/mol. The molecule has 24 heavy (non-hydrogen) atoms. The van der Waals surface area contributed by atoms with Crippen LogP contribution in [0.1, 0.15) is 28.9 Å². The third kappa shape index (κ3) is 3.76. The number of rotatable bonds is 4. The number of carbonyl (C=O) groups excluding carboxylic acids is 1. The van der Waals surface area contributed by atoms with Crippen molar-refractivity contribution in [1.29, 1.82) is 0 Å². The minimum atomic E-state index is -4.49. The van der Waals surface area contributed by atoms with Crippen LogP contribution in [0, 0.1) is 0 Å². The number of nitrogens with zero attached hydrogens (tertiary/aromatic N) is 2. The van der Waals surface area contributed by atoms with E-state index in [1.807, 2.05) is 0 Å². The van der Waals surface area contributed by atoms with Crippen molar-refractivity contribution in [2.24, 2.45) is 0 Å². The largest absolute Gasteiger partial charge is 0.435 e. The molecule has 2 heterocycles. The standard InChI is InChI=1S/C16H17F3N4O/c17-16(18,19)14-6-8-23(22-14)13-5-1-3-11(9-13)15(24)21-10-12-4-2-7-20-12/h1,3,5-6,8-9,12,20H,2,4,7,10H2,(H,21,24). The topological polar surface area (TPSA) is 59.0 Å². The van der Waals surface area contributed by atoms with Crippen molar-refractivity contribution in [2.75, 3.05) is 13.1 Å². The number of hydrogen-bond donors (Lipinski definition) is 2. The normalized spacial score (nSPS) is 17.9. The third-order valence-corrected chi connectivity index (χ3v) is 3.92. The fraction of sp³-hybridized carbons (Fsp3) is 0.375. The van der Waals surface area contributed by atoms with Crippen molar-refractivity contribution < 1.29 is 18.0 Å². The van der Waals surface area contributed by atoms with Crippen LogP contribution in [0.4, 0.5) is 13.2 Å². The van der Waals surface area contributed by atoms with E-state index in [-0.39, 0.29) is 11.9 Å². The number of aromatic nitrogens is 2. The van der Waals surface area contributed by atoms with Gasteiger partial charge in [0, 0.05) is 24.3 Å². The van der Waals surface area contributed by atoms with Crippen molar-refractivity contribution in [3.63, 3.8) is 0 Å². The number of benzene rings is 1. The Kier molecular flexibility index (Phi) is 4.57. The van der Waals surface area contributed by atoms with Crippen LogP contribution in [0.2, 0.25) is 0 Å². The fourth-order valence-corrected chi connectivity index (χ4v) is 2.66. The van der Waals surface area contributed by atoms with Crippen molar-refractivity contribution in [2.45, 2.75) is 25.1 Å². The van der Waals surface area contributed by atoms with Crippen LogP contribution in [-0.4, -0.2) is 34.8 Å². The molecule has 0 saturated carbocycles. The van der Waals surface area contributed by atoms with Gasteiger partial charge in [-0.1, -0.05) is 6.07 Å². The summed E-state index contributed by atoms with van der Waals surface area (Å²) in [6.07, 6.45) is -1.15. The minimum absolute atomic E-state index is 0.256. The molecule has 1 aromatic carbocycles. The summed E-state index contributed by atoms with van der Waals surface area (Å²) in [5, 5.41) is 9.63. The van der Waals surface area contributed by atoms with Gasteiger partial charge in [-0.3, -0.25) is 4.79 Å². The number of carbonyl (C=O) groups is 1. The Labute approximate surface area is 136 Å². The van der Waals surface area contributed by atoms with Crippen LogP contribution in [0.15, 0.2) is 36.5 Å². The van der Waals surface area contributed by atoms with Gasteiger partial charge in [-0.2, -0.15) is 18.3 Å². The number of nitrogens with one attached hydrogen (secondary N) is 2. The summed E-state index contributed by atoms with van der Waals surface area (Å²) in [4.78, 5) is 12.2. The van der Waals surface area contributed by atoms with E-state index in [1.165, 1.54) is 12.3 Å². The summed E-state index contributed by atoms with van der Waals surface area (Å²) in [5.41, 5.74) is -0.184. The molecule has 0 radical (unpaired) electrons. The van der Waals surface area contributed by atoms with Crippen molar-refractivity contribution in [3.8, 4) is 5.69 Å². The maximum Gasteiger partial charge on any atom is 0.435 e. The minimum Gasteiger partial charge on any atom is -0.350 e. The summed E-state index contributed by atoms with van der Waals surface area (Å²) in [6, 6.07) is 7.53. The molecule has 2 aromatic rings. The van der Waals surface area contributed by atoms with E-state index in [0.717, 1.165) is 30.1 Å². The lowest BCUT2D eigenvalue weighted by Crippen LogP contribution is -2.37. The van der Waals surface area contributed by atoms with Gasteiger partial charge in [0.15, 0.2) is 5.69 Å². The Morgan fingerprint density at radius 3 is 2.88 bits per heavy atom. The molecule has 128 valence electrons. The maximum absolute atomic E-state index is 12.6. The highest BCUT2D eigenvalue weighted by atomic mass is 19.4. The first-order valence-electron chi connectivity index (χ1n) is 7.68. The number of halogens is 3. The smallest absolute Gasteiger partial charge is 0.350 e. The van der Waals surface area contributed by atoms with Gasteiger partial charge in [-0.25, -0.2) is 4.68 Å². The van der Waals surface area contributed by atoms with E-state index in [1.54, 1.807) is 18.2 Å². The van der Waals surface area contributed by atoms with Gasteiger partial charge in [0.1, 0.15) is 0 Å². The molecule has 1 amide bonds. The zero-order valence-corrected chi connectivity index (χ0v) is 12.8. The monoisotopic (exact) mass is 338 g/mol. The molecule has 3 rings (SSSR count). The van der Waals surface area contributed by atoms with Crippen molar-refractivity contribution >= 4 is 5.91 Å². The van der Waals surface area contributed by atoms with Crippen LogP contribution in [0.3, 0.4) is 0 Å². The second kappa shape index (κ2) is 6.64. The first kappa shape index (κ1) is 16.5. The van der Waals surface area contributed by atoms with Crippen molar-refractivity contribution in [1.82, 2.24) is 20.4 Å². The Hall–Kier alpha value is -2.35. The quantitative estimate of drug-likeness (QED) is 0.900. The molecule has 0 spiro atoms. The highest BCUT2D eigenvalue weighted by Gasteiger charge is 2.33. The molecule has 0 aliphatic carbocycles. The second-order valence-corrected chi connectivity index (χ2v) is 5.70. The van der Waals surface area contributed by atoms with Gasteiger partial charge >= 0.3 is 6.18 Å². The summed E-state index contributed by atoms with van der Waals surface area (Å²) >= 11 is 0. The van der Waals surface area contributed by atoms with Gasteiger partial charge in [-0.05, 0) is 43.7 Å². The van der Waals surface area contributed by atoms with Crippen LogP contribution in [0.5, 0.6) is 0 Å². The molecule has 1 aliphatic rings. The summed E-state index contributed by atoms with van der Waals surface area (Å²) < 4.78 is 39.0. The molecule has 8 heteroatoms. The number of hydrogen-bond acceptors (Lipinski definition) is 3. The lowest BCUT2D eigenvalue weighted by Gasteiger charge is -2.12. The lowest BCUT2D eigenvalue weighted by molar-refractivity contribution is -0.141. The first-order valence-corrected chi connectivity index (χ1v) is 7.68. The Morgan fingerprint density at radius 1 is 1.38 bits per heavy atom. The SMILES string of the molecule is O=C(NCC1CCCN1)c1cccc(-n2ccc(C(F)(F)F)n2)c1. The van der Waals surface area contributed by atoms with E-state index >= 15 is 0 Å². The Balaban J connectivity index is 1.71. The number of alkyl halides is 3. The van der Waals surface area contributed by atoms with Crippen LogP contribution >= 0.6 is 0 Å². The van der Waals surface area contributed by atoms with E-state index in [4.69, 9.17) is 0 Å². The molecule has 0 bridgehead atoms. The van der Waals surface area contributed by atoms with E-state index in [9.17, 15) is 18.0 Å². The molecule has 1 saturated heterocycles. The van der Waals surface area contributed by atoms with Gasteiger partial charge < -0.3 is 10.6 Å². The maximum atomic E-state index is 12.6. The first-order chi connectivity index (χ1) is 11.4. The third-order valence-electron chi connectivity index (χ3n) is 3.92. The molecular formula is C16H17F3N4O. The molecule has 1 fully saturated rings. The predicted molar refractivity (Wildman–Crippen MR) is 81.9 cm³/mol. The molecule has 5 nitrogen and oxygen atoms in total. The van der Waals surface area contributed by atoms with Gasteiger partial charge in [-0.15, -0.1) is 0 Å². The highest BCUT2D eigenvalue weighted by Crippen LogP contribution is 2.27. The second-order valence-electron chi connectivity index (χ2n) is 5.70. The van der Waals surface area contributed by atoms with Gasteiger partial charge in [0.05, 0.1) is 5.69 Å². The molecule has 1 unspecified atom stereocenters. The summed E-state index contributed by atoms with van der Waals surface area (Å²) in [7, 11) is 0. The zero-order valence-electron chi connectivity index (χ0n) is 12.8. The highest BCUT2D eigenvalue weighted by molar-refractivity contribution is 5.94. The molecule has 1 aliphatic heterocycles. The van der Waals surface area contributed by atoms with Crippen LogP contribution in [-0.2, 0) is 6.18 Å². The molecule has 1 atom stereocenters. The lowest BCUT2D eigenvalue weighted by atomic mass is 10.1. The summed E-state index contributed by atoms with van der Waals surface area (Å²) in [5.74, 6) is -0.256. The molecular weight excluding hydrogens is 321 g/mol. The van der Waals surface area contributed by atoms with Gasteiger partial charge in [0.2, 0.25) is 0 Å². The number of amides is 1. The Morgan fingerprint density at radius 2 is 2.21 bits per heavy atom. The molecule has 1 aromatic heterocycles. The van der Waals surface area contributed by atoms with E-state index < -0.39 is 11.9 Å². The van der Waals surface area contributed by atoms with Crippen molar-refractivity contribution in [3.05, 3.63) is 47.8 Å². The zero-order chi connectivity index (χ0) is 17.2. The Bertz CT molecular complexity index is 720. The van der Waals surface area contributed by atoms with E-state index in [0.29, 0.717) is 17.8 Å². The molecule has 2 N–H and O–H groups in total. The van der Waals surface area contributed by atoms with Gasteiger partial charge in [0.25, 0.3) is 5.91 Å².